The van der Waals surface area contributed by atoms with Crippen molar-refractivity contribution in [2.24, 2.45) is 0 Å². The number of nitrogens with zero attached hydrogens (tertiary/aromatic N) is 1. The molecule has 0 aliphatic rings. The van der Waals surface area contributed by atoms with E-state index in [1.165, 1.54) is 16.5 Å². The molecule has 2 nitrogen and oxygen atoms in total. The Hall–Kier alpha value is -1.57. The Balaban J connectivity index is 2.58. The molecule has 0 saturated heterocycles. The Bertz CT molecular complexity index is 539. The summed E-state index contributed by atoms with van der Waals surface area (Å²) < 4.78 is 2.11. The van der Waals surface area contributed by atoms with E-state index in [1.54, 1.807) is 0 Å². The van der Waals surface area contributed by atoms with E-state index >= 15 is 0 Å². The largest absolute Gasteiger partial charge is 0.337 e. The van der Waals surface area contributed by atoms with Gasteiger partial charge in [-0.05, 0) is 30.4 Å². The van der Waals surface area contributed by atoms with Gasteiger partial charge in [0.15, 0.2) is 5.78 Å². The normalized spacial score (nSPS) is 12.9. The van der Waals surface area contributed by atoms with Crippen LogP contribution in [-0.2, 0) is 11.2 Å². The summed E-state index contributed by atoms with van der Waals surface area (Å²) in [6, 6.07) is 8.35. The molecule has 0 amide bonds. The van der Waals surface area contributed by atoms with Crippen molar-refractivity contribution >= 4 is 16.7 Å². The summed E-state index contributed by atoms with van der Waals surface area (Å²) in [5.41, 5.74) is 2.52. The summed E-state index contributed by atoms with van der Waals surface area (Å²) in [6.45, 7) is 6.06. The van der Waals surface area contributed by atoms with Crippen LogP contribution in [0.15, 0.2) is 30.5 Å². The highest BCUT2D eigenvalue weighted by atomic mass is 16.1. The highest BCUT2D eigenvalue weighted by molar-refractivity contribution is 5.88. The molecule has 0 radical (unpaired) electrons. The van der Waals surface area contributed by atoms with Crippen molar-refractivity contribution in [3.05, 3.63) is 36.0 Å². The molecule has 0 aliphatic carbocycles. The summed E-state index contributed by atoms with van der Waals surface area (Å²) in [7, 11) is 0. The van der Waals surface area contributed by atoms with E-state index in [2.05, 4.69) is 35.8 Å². The second-order valence-electron chi connectivity index (χ2n) is 4.43. The first kappa shape index (κ1) is 11.9. The molecule has 0 N–H and O–H groups in total. The van der Waals surface area contributed by atoms with Crippen molar-refractivity contribution in [3.63, 3.8) is 0 Å². The number of Topliss-reactive ketones (excluding diaryl/α,β-unsaturated/α-hetero) is 1. The zero-order chi connectivity index (χ0) is 12.4. The molecule has 90 valence electrons. The van der Waals surface area contributed by atoms with Gasteiger partial charge in [0.05, 0.1) is 11.6 Å². The van der Waals surface area contributed by atoms with Crippen molar-refractivity contribution in [1.29, 1.82) is 0 Å². The molecule has 1 aromatic carbocycles. The molecular formula is C15H19NO. The van der Waals surface area contributed by atoms with E-state index in [9.17, 15) is 4.79 Å². The average molecular weight is 229 g/mol. The molecule has 0 fully saturated rings. The highest BCUT2D eigenvalue weighted by Crippen LogP contribution is 2.25. The molecule has 0 bridgehead atoms. The van der Waals surface area contributed by atoms with Gasteiger partial charge < -0.3 is 4.57 Å². The van der Waals surface area contributed by atoms with Crippen molar-refractivity contribution in [3.8, 4) is 0 Å². The van der Waals surface area contributed by atoms with Crippen LogP contribution in [0.2, 0.25) is 0 Å². The van der Waals surface area contributed by atoms with Gasteiger partial charge in [-0.2, -0.15) is 0 Å². The second-order valence-corrected chi connectivity index (χ2v) is 4.43. The van der Waals surface area contributed by atoms with Crippen LogP contribution in [0.1, 0.15) is 38.8 Å². The molecule has 2 rings (SSSR count). The summed E-state index contributed by atoms with van der Waals surface area (Å²) in [5.74, 6) is 0.286. The van der Waals surface area contributed by atoms with Crippen molar-refractivity contribution in [2.75, 3.05) is 0 Å². The predicted octanol–water partition coefficient (Wildman–Crippen LogP) is 3.74. The van der Waals surface area contributed by atoms with E-state index in [0.717, 1.165) is 6.42 Å². The number of para-hydroxylation sites is 1. The number of ketones is 1. The topological polar surface area (TPSA) is 22.0 Å². The van der Waals surface area contributed by atoms with Crippen LogP contribution in [0, 0.1) is 0 Å². The minimum atomic E-state index is -0.0646. The van der Waals surface area contributed by atoms with Gasteiger partial charge in [-0.1, -0.05) is 32.0 Å². The third-order valence-electron chi connectivity index (χ3n) is 3.44. The SMILES string of the molecule is CCC(=O)C(C)n1ccc2cccc(CC)c21. The van der Waals surface area contributed by atoms with E-state index in [4.69, 9.17) is 0 Å². The molecule has 2 heteroatoms. The first-order valence-corrected chi connectivity index (χ1v) is 6.30. The molecule has 0 aliphatic heterocycles. The maximum atomic E-state index is 11.8. The molecular weight excluding hydrogens is 210 g/mol. The van der Waals surface area contributed by atoms with Crippen LogP contribution in [0.4, 0.5) is 0 Å². The smallest absolute Gasteiger partial charge is 0.155 e. The second kappa shape index (κ2) is 4.74. The fourth-order valence-corrected chi connectivity index (χ4v) is 2.35. The van der Waals surface area contributed by atoms with E-state index in [1.807, 2.05) is 20.0 Å². The number of aromatic nitrogens is 1. The Kier molecular flexibility index (Phi) is 3.32. The number of fused-ring (bicyclic) bond motifs is 1. The zero-order valence-corrected chi connectivity index (χ0v) is 10.7. The lowest BCUT2D eigenvalue weighted by Gasteiger charge is -2.15. The Morgan fingerprint density at radius 3 is 2.71 bits per heavy atom. The zero-order valence-electron chi connectivity index (χ0n) is 10.7. The number of benzene rings is 1. The number of rotatable bonds is 4. The van der Waals surface area contributed by atoms with Gasteiger partial charge in [0.2, 0.25) is 0 Å². The third kappa shape index (κ3) is 1.99. The number of carbonyl (C=O) groups is 1. The van der Waals surface area contributed by atoms with E-state index in [0.29, 0.717) is 6.42 Å². The van der Waals surface area contributed by atoms with Crippen LogP contribution in [0.25, 0.3) is 10.9 Å². The standard InChI is InChI=1S/C15H19NO/c1-4-12-7-6-8-13-9-10-16(15(12)13)11(3)14(17)5-2/h6-11H,4-5H2,1-3H3. The van der Waals surface area contributed by atoms with Gasteiger partial charge in [0, 0.05) is 12.6 Å². The van der Waals surface area contributed by atoms with Crippen LogP contribution in [0.3, 0.4) is 0 Å². The van der Waals surface area contributed by atoms with Gasteiger partial charge >= 0.3 is 0 Å². The van der Waals surface area contributed by atoms with Crippen molar-refractivity contribution in [2.45, 2.75) is 39.7 Å². The quantitative estimate of drug-likeness (QED) is 0.782. The molecule has 0 spiro atoms. The van der Waals surface area contributed by atoms with E-state index in [-0.39, 0.29) is 11.8 Å². The number of carbonyl (C=O) groups excluding carboxylic acids is 1. The molecule has 0 saturated carbocycles. The minimum Gasteiger partial charge on any atom is -0.337 e. The lowest BCUT2D eigenvalue weighted by atomic mass is 10.1. The van der Waals surface area contributed by atoms with Gasteiger partial charge in [-0.3, -0.25) is 4.79 Å². The Labute approximate surface area is 102 Å². The lowest BCUT2D eigenvalue weighted by molar-refractivity contribution is -0.121. The fraction of sp³-hybridized carbons (Fsp3) is 0.400. The Morgan fingerprint density at radius 2 is 2.06 bits per heavy atom. The highest BCUT2D eigenvalue weighted by Gasteiger charge is 2.15. The lowest BCUT2D eigenvalue weighted by Crippen LogP contribution is -2.15. The maximum absolute atomic E-state index is 11.8. The monoisotopic (exact) mass is 229 g/mol. The van der Waals surface area contributed by atoms with Gasteiger partial charge in [-0.25, -0.2) is 0 Å². The van der Waals surface area contributed by atoms with Gasteiger partial charge in [0.25, 0.3) is 0 Å². The van der Waals surface area contributed by atoms with Crippen molar-refractivity contribution in [1.82, 2.24) is 4.57 Å². The number of hydrogen-bond donors (Lipinski definition) is 0. The maximum Gasteiger partial charge on any atom is 0.155 e. The molecule has 1 heterocycles. The Morgan fingerprint density at radius 1 is 1.29 bits per heavy atom. The van der Waals surface area contributed by atoms with Crippen molar-refractivity contribution < 1.29 is 4.79 Å². The third-order valence-corrected chi connectivity index (χ3v) is 3.44. The summed E-state index contributed by atoms with van der Waals surface area (Å²) >= 11 is 0. The molecule has 1 atom stereocenters. The number of hydrogen-bond acceptors (Lipinski definition) is 1. The molecule has 1 aromatic heterocycles. The van der Waals surface area contributed by atoms with Crippen LogP contribution < -0.4 is 0 Å². The minimum absolute atomic E-state index is 0.0646. The number of aryl methyl sites for hydroxylation is 1. The average Bonchev–Trinajstić information content (AvgIpc) is 2.80. The van der Waals surface area contributed by atoms with Gasteiger partial charge in [0.1, 0.15) is 0 Å². The fourth-order valence-electron chi connectivity index (χ4n) is 2.35. The first-order valence-electron chi connectivity index (χ1n) is 6.30. The van der Waals surface area contributed by atoms with Crippen LogP contribution in [0.5, 0.6) is 0 Å². The summed E-state index contributed by atoms with van der Waals surface area (Å²) in [6.07, 6.45) is 3.62. The van der Waals surface area contributed by atoms with Crippen LogP contribution >= 0.6 is 0 Å². The molecule has 2 aromatic rings. The predicted molar refractivity (Wildman–Crippen MR) is 71.3 cm³/mol. The van der Waals surface area contributed by atoms with Gasteiger partial charge in [-0.15, -0.1) is 0 Å². The summed E-state index contributed by atoms with van der Waals surface area (Å²) in [4.78, 5) is 11.8. The molecule has 17 heavy (non-hydrogen) atoms. The molecule has 1 unspecified atom stereocenters. The summed E-state index contributed by atoms with van der Waals surface area (Å²) in [5, 5.41) is 1.22. The first-order chi connectivity index (χ1) is 8.19. The van der Waals surface area contributed by atoms with Crippen LogP contribution in [-0.4, -0.2) is 10.4 Å². The van der Waals surface area contributed by atoms with E-state index < -0.39 is 0 Å².